The summed E-state index contributed by atoms with van der Waals surface area (Å²) >= 11 is 1.87. The molecule has 0 radical (unpaired) electrons. The highest BCUT2D eigenvalue weighted by atomic mass is 32.2. The van der Waals surface area contributed by atoms with Gasteiger partial charge in [-0.25, -0.2) is 0 Å². The molecule has 0 unspecified atom stereocenters. The molecular weight excluding hydrogens is 258 g/mol. The second-order valence-corrected chi connectivity index (χ2v) is 6.85. The largest absolute Gasteiger partial charge is 0.486 e. The Morgan fingerprint density at radius 2 is 1.89 bits per heavy atom. The van der Waals surface area contributed by atoms with Crippen molar-refractivity contribution in [2.24, 2.45) is 0 Å². The second-order valence-electron chi connectivity index (χ2n) is 5.68. The van der Waals surface area contributed by atoms with Gasteiger partial charge in [-0.2, -0.15) is 0 Å². The van der Waals surface area contributed by atoms with Gasteiger partial charge in [0.25, 0.3) is 0 Å². The van der Waals surface area contributed by atoms with Gasteiger partial charge in [-0.1, -0.05) is 0 Å². The normalized spacial score (nSPS) is 14.5. The smallest absolute Gasteiger partial charge is 0.162 e. The summed E-state index contributed by atoms with van der Waals surface area (Å²) in [6, 6.07) is 6.19. The summed E-state index contributed by atoms with van der Waals surface area (Å²) < 4.78 is 11.1. The van der Waals surface area contributed by atoms with Crippen LogP contribution in [0.1, 0.15) is 27.2 Å². The predicted molar refractivity (Wildman–Crippen MR) is 80.5 cm³/mol. The molecule has 1 aliphatic heterocycles. The van der Waals surface area contributed by atoms with E-state index in [2.05, 4.69) is 38.2 Å². The molecule has 1 heterocycles. The van der Waals surface area contributed by atoms with E-state index < -0.39 is 0 Å². The van der Waals surface area contributed by atoms with Gasteiger partial charge in [-0.05, 0) is 57.7 Å². The SMILES string of the molecule is CC(C)(C)NCCCSc1ccc2c(c1)OCCO2. The molecule has 0 bridgehead atoms. The lowest BCUT2D eigenvalue weighted by atomic mass is 10.1. The summed E-state index contributed by atoms with van der Waals surface area (Å²) in [6.07, 6.45) is 1.16. The number of thioether (sulfide) groups is 1. The first-order valence-electron chi connectivity index (χ1n) is 6.82. The van der Waals surface area contributed by atoms with E-state index in [4.69, 9.17) is 9.47 Å². The summed E-state index contributed by atoms with van der Waals surface area (Å²) in [5.74, 6) is 2.86. The number of ether oxygens (including phenoxy) is 2. The first-order valence-corrected chi connectivity index (χ1v) is 7.81. The second kappa shape index (κ2) is 6.53. The molecule has 0 amide bonds. The number of rotatable bonds is 5. The molecule has 0 atom stereocenters. The van der Waals surface area contributed by atoms with E-state index >= 15 is 0 Å². The fourth-order valence-electron chi connectivity index (χ4n) is 1.84. The minimum Gasteiger partial charge on any atom is -0.486 e. The van der Waals surface area contributed by atoms with Crippen LogP contribution < -0.4 is 14.8 Å². The van der Waals surface area contributed by atoms with Crippen LogP contribution in [-0.2, 0) is 0 Å². The van der Waals surface area contributed by atoms with E-state index in [0.717, 1.165) is 30.2 Å². The summed E-state index contributed by atoms with van der Waals surface area (Å²) in [4.78, 5) is 1.25. The van der Waals surface area contributed by atoms with Crippen LogP contribution in [0.15, 0.2) is 23.1 Å². The zero-order valence-electron chi connectivity index (χ0n) is 12.0. The van der Waals surface area contributed by atoms with Crippen molar-refractivity contribution in [1.82, 2.24) is 5.32 Å². The van der Waals surface area contributed by atoms with Crippen molar-refractivity contribution in [3.63, 3.8) is 0 Å². The van der Waals surface area contributed by atoms with Crippen molar-refractivity contribution in [3.8, 4) is 11.5 Å². The maximum Gasteiger partial charge on any atom is 0.162 e. The van der Waals surface area contributed by atoms with E-state index in [1.165, 1.54) is 4.90 Å². The topological polar surface area (TPSA) is 30.5 Å². The Morgan fingerprint density at radius 3 is 2.63 bits per heavy atom. The van der Waals surface area contributed by atoms with Gasteiger partial charge >= 0.3 is 0 Å². The summed E-state index contributed by atoms with van der Waals surface area (Å²) in [6.45, 7) is 8.94. The third-order valence-corrected chi connectivity index (χ3v) is 3.84. The minimum atomic E-state index is 0.210. The van der Waals surface area contributed by atoms with Gasteiger partial charge in [0.2, 0.25) is 0 Å². The lowest BCUT2D eigenvalue weighted by Crippen LogP contribution is -2.36. The monoisotopic (exact) mass is 281 g/mol. The first-order chi connectivity index (χ1) is 9.04. The molecule has 0 saturated heterocycles. The quantitative estimate of drug-likeness (QED) is 0.662. The van der Waals surface area contributed by atoms with E-state index in [1.54, 1.807) is 0 Å². The third kappa shape index (κ3) is 4.96. The molecule has 0 fully saturated rings. The number of hydrogen-bond donors (Lipinski definition) is 1. The molecule has 2 rings (SSSR count). The first kappa shape index (κ1) is 14.5. The number of nitrogens with one attached hydrogen (secondary N) is 1. The van der Waals surface area contributed by atoms with Gasteiger partial charge in [0.1, 0.15) is 13.2 Å². The van der Waals surface area contributed by atoms with Crippen LogP contribution in [0.2, 0.25) is 0 Å². The summed E-state index contributed by atoms with van der Waals surface area (Å²) in [5, 5.41) is 3.50. The molecule has 1 aliphatic rings. The van der Waals surface area contributed by atoms with Crippen LogP contribution in [-0.4, -0.2) is 31.1 Å². The minimum absolute atomic E-state index is 0.210. The molecule has 106 valence electrons. The zero-order chi connectivity index (χ0) is 13.7. The Kier molecular flexibility index (Phi) is 4.99. The molecule has 0 spiro atoms. The van der Waals surface area contributed by atoms with Crippen molar-refractivity contribution < 1.29 is 9.47 Å². The van der Waals surface area contributed by atoms with E-state index in [-0.39, 0.29) is 5.54 Å². The molecule has 4 heteroatoms. The van der Waals surface area contributed by atoms with Gasteiger partial charge in [-0.3, -0.25) is 0 Å². The average molecular weight is 281 g/mol. The number of hydrogen-bond acceptors (Lipinski definition) is 4. The van der Waals surface area contributed by atoms with Gasteiger partial charge in [0.05, 0.1) is 0 Å². The van der Waals surface area contributed by atoms with Crippen LogP contribution >= 0.6 is 11.8 Å². The molecule has 0 aromatic heterocycles. The summed E-state index contributed by atoms with van der Waals surface area (Å²) in [7, 11) is 0. The fourth-order valence-corrected chi connectivity index (χ4v) is 2.72. The van der Waals surface area contributed by atoms with Gasteiger partial charge in [0, 0.05) is 10.4 Å². The standard InChI is InChI=1S/C15H23NO2S/c1-15(2,3)16-7-4-10-19-12-5-6-13-14(11-12)18-9-8-17-13/h5-6,11,16H,4,7-10H2,1-3H3. The lowest BCUT2D eigenvalue weighted by Gasteiger charge is -2.20. The van der Waals surface area contributed by atoms with Crippen LogP contribution in [0.4, 0.5) is 0 Å². The highest BCUT2D eigenvalue weighted by molar-refractivity contribution is 7.99. The van der Waals surface area contributed by atoms with Crippen LogP contribution in [0, 0.1) is 0 Å². The van der Waals surface area contributed by atoms with Gasteiger partial charge in [0.15, 0.2) is 11.5 Å². The van der Waals surface area contributed by atoms with Crippen molar-refractivity contribution >= 4 is 11.8 Å². The third-order valence-electron chi connectivity index (χ3n) is 2.76. The van der Waals surface area contributed by atoms with E-state index in [1.807, 2.05) is 17.8 Å². The molecule has 1 aromatic carbocycles. The zero-order valence-corrected chi connectivity index (χ0v) is 12.8. The van der Waals surface area contributed by atoms with Gasteiger partial charge < -0.3 is 14.8 Å². The Hall–Kier alpha value is -0.870. The maximum atomic E-state index is 5.59. The Morgan fingerprint density at radius 1 is 1.16 bits per heavy atom. The fraction of sp³-hybridized carbons (Fsp3) is 0.600. The molecule has 0 saturated carbocycles. The number of benzene rings is 1. The Bertz CT molecular complexity index is 415. The van der Waals surface area contributed by atoms with Gasteiger partial charge in [-0.15, -0.1) is 11.8 Å². The summed E-state index contributed by atoms with van der Waals surface area (Å²) in [5.41, 5.74) is 0.210. The highest BCUT2D eigenvalue weighted by Crippen LogP contribution is 2.34. The van der Waals surface area contributed by atoms with Crippen molar-refractivity contribution in [1.29, 1.82) is 0 Å². The Balaban J connectivity index is 1.74. The molecule has 1 aromatic rings. The van der Waals surface area contributed by atoms with E-state index in [0.29, 0.717) is 13.2 Å². The van der Waals surface area contributed by atoms with Crippen molar-refractivity contribution in [2.75, 3.05) is 25.5 Å². The highest BCUT2D eigenvalue weighted by Gasteiger charge is 2.12. The molecule has 0 aliphatic carbocycles. The van der Waals surface area contributed by atoms with E-state index in [9.17, 15) is 0 Å². The maximum absolute atomic E-state index is 5.59. The molecule has 3 nitrogen and oxygen atoms in total. The predicted octanol–water partition coefficient (Wildman–Crippen LogP) is 3.33. The van der Waals surface area contributed by atoms with Crippen molar-refractivity contribution in [3.05, 3.63) is 18.2 Å². The molecule has 19 heavy (non-hydrogen) atoms. The van der Waals surface area contributed by atoms with Crippen LogP contribution in [0.5, 0.6) is 11.5 Å². The molecular formula is C15H23NO2S. The number of fused-ring (bicyclic) bond motifs is 1. The average Bonchev–Trinajstić information content (AvgIpc) is 2.37. The van der Waals surface area contributed by atoms with Crippen molar-refractivity contribution in [2.45, 2.75) is 37.6 Å². The Labute approximate surface area is 120 Å². The van der Waals surface area contributed by atoms with Crippen LogP contribution in [0.3, 0.4) is 0 Å². The van der Waals surface area contributed by atoms with Crippen LogP contribution in [0.25, 0.3) is 0 Å². The lowest BCUT2D eigenvalue weighted by molar-refractivity contribution is 0.171. The molecule has 1 N–H and O–H groups in total.